The first-order valence-electron chi connectivity index (χ1n) is 5.87. The van der Waals surface area contributed by atoms with Crippen LogP contribution in [0.2, 0.25) is 0 Å². The Labute approximate surface area is 102 Å². The highest BCUT2D eigenvalue weighted by Gasteiger charge is 2.16. The Morgan fingerprint density at radius 1 is 1.35 bits per heavy atom. The van der Waals surface area contributed by atoms with Gasteiger partial charge >= 0.3 is 0 Å². The van der Waals surface area contributed by atoms with Crippen molar-refractivity contribution in [2.45, 2.75) is 32.9 Å². The van der Waals surface area contributed by atoms with Crippen molar-refractivity contribution < 1.29 is 4.42 Å². The summed E-state index contributed by atoms with van der Waals surface area (Å²) in [5.41, 5.74) is 2.30. The van der Waals surface area contributed by atoms with E-state index in [0.29, 0.717) is 0 Å². The van der Waals surface area contributed by atoms with E-state index >= 15 is 0 Å². The average molecular weight is 233 g/mol. The van der Waals surface area contributed by atoms with Crippen LogP contribution < -0.4 is 5.32 Å². The minimum Gasteiger partial charge on any atom is -0.468 e. The van der Waals surface area contributed by atoms with Crippen LogP contribution in [-0.2, 0) is 7.05 Å². The summed E-state index contributed by atoms with van der Waals surface area (Å²) in [6.45, 7) is 6.27. The molecule has 2 aromatic rings. The first-order valence-corrected chi connectivity index (χ1v) is 5.87. The highest BCUT2D eigenvalue weighted by atomic mass is 16.3. The molecule has 4 nitrogen and oxygen atoms in total. The van der Waals surface area contributed by atoms with Gasteiger partial charge < -0.3 is 9.73 Å². The van der Waals surface area contributed by atoms with Crippen LogP contribution in [0.5, 0.6) is 0 Å². The highest BCUT2D eigenvalue weighted by Crippen LogP contribution is 2.21. The van der Waals surface area contributed by atoms with Gasteiger partial charge in [0.05, 0.1) is 18.0 Å². The maximum Gasteiger partial charge on any atom is 0.120 e. The fourth-order valence-corrected chi connectivity index (χ4v) is 2.13. The summed E-state index contributed by atoms with van der Waals surface area (Å²) in [5.74, 6) is 0.957. The number of aryl methyl sites for hydroxylation is 2. The van der Waals surface area contributed by atoms with E-state index in [-0.39, 0.29) is 12.1 Å². The Balaban J connectivity index is 2.06. The second-order valence-electron chi connectivity index (χ2n) is 4.47. The van der Waals surface area contributed by atoms with Crippen molar-refractivity contribution in [2.24, 2.45) is 7.05 Å². The topological polar surface area (TPSA) is 43.0 Å². The molecule has 4 heteroatoms. The van der Waals surface area contributed by atoms with Gasteiger partial charge in [0, 0.05) is 24.8 Å². The molecular formula is C13H19N3O. The van der Waals surface area contributed by atoms with Crippen molar-refractivity contribution in [1.29, 1.82) is 0 Å². The predicted octanol–water partition coefficient (Wildman–Crippen LogP) is 2.73. The molecule has 0 saturated carbocycles. The molecule has 0 aromatic carbocycles. The fourth-order valence-electron chi connectivity index (χ4n) is 2.13. The van der Waals surface area contributed by atoms with E-state index in [1.807, 2.05) is 30.8 Å². The second-order valence-corrected chi connectivity index (χ2v) is 4.47. The lowest BCUT2D eigenvalue weighted by Crippen LogP contribution is -2.22. The number of hydrogen-bond donors (Lipinski definition) is 1. The molecule has 0 aliphatic carbocycles. The Kier molecular flexibility index (Phi) is 3.33. The first-order chi connectivity index (χ1) is 8.08. The molecule has 2 rings (SSSR count). The highest BCUT2D eigenvalue weighted by molar-refractivity contribution is 5.20. The van der Waals surface area contributed by atoms with Gasteiger partial charge in [0.1, 0.15) is 5.76 Å². The quantitative estimate of drug-likeness (QED) is 0.883. The SMILES string of the molecule is Cc1nn(C)cc1C(C)N[C@@H](C)c1ccco1. The summed E-state index contributed by atoms with van der Waals surface area (Å²) in [6, 6.07) is 4.34. The van der Waals surface area contributed by atoms with Crippen molar-refractivity contribution in [3.8, 4) is 0 Å². The van der Waals surface area contributed by atoms with Gasteiger partial charge in [-0.2, -0.15) is 5.10 Å². The van der Waals surface area contributed by atoms with Gasteiger partial charge in [0.25, 0.3) is 0 Å². The van der Waals surface area contributed by atoms with E-state index in [1.54, 1.807) is 6.26 Å². The van der Waals surface area contributed by atoms with Crippen molar-refractivity contribution >= 4 is 0 Å². The van der Waals surface area contributed by atoms with Crippen molar-refractivity contribution in [1.82, 2.24) is 15.1 Å². The van der Waals surface area contributed by atoms with E-state index in [4.69, 9.17) is 4.42 Å². The van der Waals surface area contributed by atoms with Gasteiger partial charge in [0.2, 0.25) is 0 Å². The van der Waals surface area contributed by atoms with Gasteiger partial charge in [-0.3, -0.25) is 4.68 Å². The van der Waals surface area contributed by atoms with E-state index < -0.39 is 0 Å². The van der Waals surface area contributed by atoms with Crippen LogP contribution >= 0.6 is 0 Å². The molecule has 1 N–H and O–H groups in total. The largest absolute Gasteiger partial charge is 0.468 e. The molecule has 0 saturated heterocycles. The number of rotatable bonds is 4. The van der Waals surface area contributed by atoms with Crippen LogP contribution in [-0.4, -0.2) is 9.78 Å². The summed E-state index contributed by atoms with van der Waals surface area (Å²) in [6.07, 6.45) is 3.76. The molecule has 0 amide bonds. The van der Waals surface area contributed by atoms with Crippen LogP contribution in [0.15, 0.2) is 29.0 Å². The molecule has 2 atom stereocenters. The third-order valence-electron chi connectivity index (χ3n) is 2.99. The second kappa shape index (κ2) is 4.75. The fraction of sp³-hybridized carbons (Fsp3) is 0.462. The molecule has 0 bridgehead atoms. The normalized spacial score (nSPS) is 14.8. The molecule has 0 fully saturated rings. The van der Waals surface area contributed by atoms with Crippen molar-refractivity contribution in [2.75, 3.05) is 0 Å². The molecule has 0 radical (unpaired) electrons. The van der Waals surface area contributed by atoms with Gasteiger partial charge in [-0.1, -0.05) is 0 Å². The molecule has 17 heavy (non-hydrogen) atoms. The van der Waals surface area contributed by atoms with Crippen LogP contribution in [0.4, 0.5) is 0 Å². The summed E-state index contributed by atoms with van der Waals surface area (Å²) >= 11 is 0. The minimum absolute atomic E-state index is 0.194. The molecule has 1 unspecified atom stereocenters. The van der Waals surface area contributed by atoms with E-state index in [0.717, 1.165) is 11.5 Å². The van der Waals surface area contributed by atoms with E-state index in [1.165, 1.54) is 5.56 Å². The lowest BCUT2D eigenvalue weighted by Gasteiger charge is -2.18. The van der Waals surface area contributed by atoms with Crippen LogP contribution in [0, 0.1) is 6.92 Å². The first kappa shape index (κ1) is 11.9. The Hall–Kier alpha value is -1.55. The maximum atomic E-state index is 5.38. The van der Waals surface area contributed by atoms with Gasteiger partial charge in [-0.05, 0) is 32.9 Å². The Morgan fingerprint density at radius 3 is 2.65 bits per heavy atom. The predicted molar refractivity (Wildman–Crippen MR) is 66.6 cm³/mol. The average Bonchev–Trinajstić information content (AvgIpc) is 2.87. The Morgan fingerprint density at radius 2 is 2.12 bits per heavy atom. The van der Waals surface area contributed by atoms with E-state index in [9.17, 15) is 0 Å². The molecule has 0 aliphatic heterocycles. The standard InChI is InChI=1S/C13H19N3O/c1-9(12-8-16(4)15-10(12)2)14-11(3)13-6-5-7-17-13/h5-9,11,14H,1-4H3/t9?,11-/m0/s1. The molecule has 0 spiro atoms. The summed E-state index contributed by atoms with van der Waals surface area (Å²) < 4.78 is 7.23. The minimum atomic E-state index is 0.194. The summed E-state index contributed by atoms with van der Waals surface area (Å²) in [7, 11) is 1.94. The number of nitrogens with one attached hydrogen (secondary N) is 1. The van der Waals surface area contributed by atoms with Gasteiger partial charge in [0.15, 0.2) is 0 Å². The summed E-state index contributed by atoms with van der Waals surface area (Å²) in [5, 5.41) is 7.86. The zero-order chi connectivity index (χ0) is 12.4. The molecule has 92 valence electrons. The molecular weight excluding hydrogens is 214 g/mol. The number of aromatic nitrogens is 2. The van der Waals surface area contributed by atoms with E-state index in [2.05, 4.69) is 30.5 Å². The lowest BCUT2D eigenvalue weighted by molar-refractivity contribution is 0.402. The zero-order valence-corrected chi connectivity index (χ0v) is 10.8. The molecule has 2 aromatic heterocycles. The van der Waals surface area contributed by atoms with Gasteiger partial charge in [-0.15, -0.1) is 0 Å². The van der Waals surface area contributed by atoms with Crippen LogP contribution in [0.3, 0.4) is 0 Å². The van der Waals surface area contributed by atoms with Gasteiger partial charge in [-0.25, -0.2) is 0 Å². The third-order valence-corrected chi connectivity index (χ3v) is 2.99. The smallest absolute Gasteiger partial charge is 0.120 e. The number of nitrogens with zero attached hydrogens (tertiary/aromatic N) is 2. The number of hydrogen-bond acceptors (Lipinski definition) is 3. The van der Waals surface area contributed by atoms with Crippen LogP contribution in [0.25, 0.3) is 0 Å². The zero-order valence-electron chi connectivity index (χ0n) is 10.8. The Bertz CT molecular complexity index is 473. The number of furan rings is 1. The lowest BCUT2D eigenvalue weighted by atomic mass is 10.1. The van der Waals surface area contributed by atoms with Crippen molar-refractivity contribution in [3.05, 3.63) is 41.6 Å². The van der Waals surface area contributed by atoms with Crippen LogP contribution in [0.1, 0.15) is 42.9 Å². The molecule has 2 heterocycles. The monoisotopic (exact) mass is 233 g/mol. The molecule has 0 aliphatic rings. The van der Waals surface area contributed by atoms with Crippen molar-refractivity contribution in [3.63, 3.8) is 0 Å². The third kappa shape index (κ3) is 2.58. The maximum absolute atomic E-state index is 5.38. The summed E-state index contributed by atoms with van der Waals surface area (Å²) in [4.78, 5) is 0.